The lowest BCUT2D eigenvalue weighted by Crippen LogP contribution is -2.54. The fourth-order valence-electron chi connectivity index (χ4n) is 3.55. The van der Waals surface area contributed by atoms with Gasteiger partial charge in [0.25, 0.3) is 0 Å². The van der Waals surface area contributed by atoms with Gasteiger partial charge in [0, 0.05) is 6.54 Å². The van der Waals surface area contributed by atoms with E-state index in [9.17, 15) is 19.5 Å². The number of urea groups is 1. The lowest BCUT2D eigenvalue weighted by atomic mass is 9.82. The van der Waals surface area contributed by atoms with Crippen molar-refractivity contribution in [2.24, 2.45) is 17.8 Å². The zero-order valence-corrected chi connectivity index (χ0v) is 19.4. The van der Waals surface area contributed by atoms with Crippen LogP contribution in [0.3, 0.4) is 0 Å². The van der Waals surface area contributed by atoms with Gasteiger partial charge in [-0.25, -0.2) is 9.80 Å². The summed E-state index contributed by atoms with van der Waals surface area (Å²) in [5.41, 5.74) is 4.10. The van der Waals surface area contributed by atoms with Crippen LogP contribution < -0.4 is 15.8 Å². The monoisotopic (exact) mass is 451 g/mol. The quantitative estimate of drug-likeness (QED) is 0.455. The molecule has 2 aromatic carbocycles. The third-order valence-corrected chi connectivity index (χ3v) is 5.13. The third kappa shape index (κ3) is 8.11. The molecular weight excluding hydrogens is 418 g/mol. The Labute approximate surface area is 195 Å². The van der Waals surface area contributed by atoms with Crippen molar-refractivity contribution < 1.29 is 19.5 Å². The van der Waals surface area contributed by atoms with Crippen LogP contribution in [0.4, 0.5) is 10.5 Å². The third-order valence-electron chi connectivity index (χ3n) is 5.13. The van der Waals surface area contributed by atoms with E-state index >= 15 is 0 Å². The first-order chi connectivity index (χ1) is 15.8. The van der Waals surface area contributed by atoms with Gasteiger partial charge in [0.15, 0.2) is 0 Å². The normalized spacial score (nSPS) is 12.8. The molecule has 0 saturated heterocycles. The predicted molar refractivity (Wildman–Crippen MR) is 130 cm³/mol. The highest BCUT2D eigenvalue weighted by atomic mass is 16.4. The van der Waals surface area contributed by atoms with Crippen molar-refractivity contribution in [2.75, 3.05) is 11.6 Å². The second kappa shape index (κ2) is 13.1. The maximum atomic E-state index is 13.3. The number of nitrogens with zero attached hydrogens (tertiary/aromatic N) is 1. The molecule has 0 aromatic heterocycles. The largest absolute Gasteiger partial charge is 0.481 e. The number of anilines is 1. The van der Waals surface area contributed by atoms with Gasteiger partial charge in [0.2, 0.25) is 5.91 Å². The molecule has 0 heterocycles. The highest BCUT2D eigenvalue weighted by Crippen LogP contribution is 2.26. The number of aliphatic carboxylic acids is 1. The molecule has 0 saturated carbocycles. The highest BCUT2D eigenvalue weighted by Gasteiger charge is 2.35. The number of nitrogens with one attached hydrogen (secondary N) is 2. The number of para-hydroxylation sites is 1. The molecule has 3 amide bonds. The van der Waals surface area contributed by atoms with Gasteiger partial charge in [-0.2, -0.15) is 0 Å². The van der Waals surface area contributed by atoms with E-state index in [-0.39, 0.29) is 12.3 Å². The molecule has 176 valence electrons. The van der Waals surface area contributed by atoms with Gasteiger partial charge in [-0.1, -0.05) is 74.5 Å². The summed E-state index contributed by atoms with van der Waals surface area (Å²) in [4.78, 5) is 38.1. The molecule has 0 aliphatic rings. The van der Waals surface area contributed by atoms with E-state index < -0.39 is 29.7 Å². The minimum absolute atomic E-state index is 0.0929. The van der Waals surface area contributed by atoms with E-state index in [0.717, 1.165) is 10.6 Å². The molecule has 7 heteroatoms. The Bertz CT molecular complexity index is 929. The molecule has 0 aliphatic heterocycles. The molecule has 3 N–H and O–H groups in total. The summed E-state index contributed by atoms with van der Waals surface area (Å²) < 4.78 is 0. The topological polar surface area (TPSA) is 98.7 Å². The summed E-state index contributed by atoms with van der Waals surface area (Å²) >= 11 is 0. The molecule has 0 unspecified atom stereocenters. The van der Waals surface area contributed by atoms with Crippen LogP contribution in [0.2, 0.25) is 0 Å². The predicted octanol–water partition coefficient (Wildman–Crippen LogP) is 4.72. The molecule has 0 aliphatic carbocycles. The number of amides is 3. The van der Waals surface area contributed by atoms with Crippen molar-refractivity contribution >= 4 is 29.7 Å². The zero-order valence-electron chi connectivity index (χ0n) is 19.4. The maximum absolute atomic E-state index is 13.3. The number of hydrazine groups is 1. The van der Waals surface area contributed by atoms with Crippen molar-refractivity contribution in [1.29, 1.82) is 0 Å². The highest BCUT2D eigenvalue weighted by molar-refractivity contribution is 5.96. The summed E-state index contributed by atoms with van der Waals surface area (Å²) in [5.74, 6) is -3.20. The van der Waals surface area contributed by atoms with Gasteiger partial charge in [-0.3, -0.25) is 15.0 Å². The molecule has 2 aromatic rings. The van der Waals surface area contributed by atoms with Crippen molar-refractivity contribution in [3.05, 3.63) is 72.3 Å². The van der Waals surface area contributed by atoms with Gasteiger partial charge in [0.1, 0.15) is 0 Å². The number of carbonyl (C=O) groups excluding carboxylic acids is 2. The molecule has 0 radical (unpaired) electrons. The van der Waals surface area contributed by atoms with Crippen LogP contribution in [0.5, 0.6) is 0 Å². The lowest BCUT2D eigenvalue weighted by molar-refractivity contribution is -0.147. The first-order valence-corrected chi connectivity index (χ1v) is 11.2. The van der Waals surface area contributed by atoms with Crippen molar-refractivity contribution in [3.8, 4) is 0 Å². The molecule has 0 spiro atoms. The van der Waals surface area contributed by atoms with E-state index in [4.69, 9.17) is 0 Å². The van der Waals surface area contributed by atoms with Crippen molar-refractivity contribution in [1.82, 2.24) is 10.7 Å². The molecule has 33 heavy (non-hydrogen) atoms. The molecule has 2 atom stereocenters. The summed E-state index contributed by atoms with van der Waals surface area (Å²) in [5, 5.41) is 13.8. The van der Waals surface area contributed by atoms with Crippen LogP contribution in [0.25, 0.3) is 6.08 Å². The van der Waals surface area contributed by atoms with Gasteiger partial charge < -0.3 is 10.4 Å². The van der Waals surface area contributed by atoms with E-state index in [2.05, 4.69) is 10.7 Å². The second-order valence-electron chi connectivity index (χ2n) is 8.21. The van der Waals surface area contributed by atoms with Crippen LogP contribution in [-0.2, 0) is 9.59 Å². The summed E-state index contributed by atoms with van der Waals surface area (Å²) in [6, 6.07) is 17.8. The number of hydrogen-bond donors (Lipinski definition) is 3. The molecule has 0 fully saturated rings. The fraction of sp³-hybridized carbons (Fsp3) is 0.346. The number of allylic oxidation sites excluding steroid dienone is 1. The van der Waals surface area contributed by atoms with Gasteiger partial charge in [-0.15, -0.1) is 0 Å². The Morgan fingerprint density at radius 2 is 1.58 bits per heavy atom. The lowest BCUT2D eigenvalue weighted by Gasteiger charge is -2.29. The number of carboxylic acid groups (broad SMARTS) is 1. The standard InChI is InChI=1S/C26H33N3O4/c1-4-27-26(33)29(21-15-9-6-10-16-21)28-24(30)23(18-19(2)3)22(25(31)32)17-11-14-20-12-7-5-8-13-20/h5-16,19,22-23H,4,17-18H2,1-3H3,(H,27,33)(H,28,30)(H,31,32)/t22-,23+/m0/s1. The average Bonchev–Trinajstić information content (AvgIpc) is 2.80. The average molecular weight is 452 g/mol. The summed E-state index contributed by atoms with van der Waals surface area (Å²) in [7, 11) is 0. The zero-order chi connectivity index (χ0) is 24.2. The first kappa shape index (κ1) is 25.6. The minimum Gasteiger partial charge on any atom is -0.481 e. The van der Waals surface area contributed by atoms with E-state index in [1.54, 1.807) is 37.3 Å². The summed E-state index contributed by atoms with van der Waals surface area (Å²) in [6.07, 6.45) is 4.21. The van der Waals surface area contributed by atoms with Gasteiger partial charge in [-0.05, 0) is 43.4 Å². The van der Waals surface area contributed by atoms with Crippen LogP contribution in [0, 0.1) is 17.8 Å². The van der Waals surface area contributed by atoms with Crippen LogP contribution in [-0.4, -0.2) is 29.6 Å². The van der Waals surface area contributed by atoms with Crippen molar-refractivity contribution in [3.63, 3.8) is 0 Å². The Morgan fingerprint density at radius 1 is 0.970 bits per heavy atom. The maximum Gasteiger partial charge on any atom is 0.340 e. The summed E-state index contributed by atoms with van der Waals surface area (Å²) in [6.45, 7) is 6.05. The molecular formula is C26H33N3O4. The van der Waals surface area contributed by atoms with Crippen LogP contribution in [0.15, 0.2) is 66.7 Å². The SMILES string of the molecule is CCNC(=O)N(NC(=O)[C@H](CC(C)C)[C@H](CC=Cc1ccccc1)C(=O)O)c1ccccc1. The van der Waals surface area contributed by atoms with Crippen LogP contribution in [0.1, 0.15) is 39.2 Å². The van der Waals surface area contributed by atoms with E-state index in [0.29, 0.717) is 18.7 Å². The Morgan fingerprint density at radius 3 is 2.12 bits per heavy atom. The number of carboxylic acids is 1. The first-order valence-electron chi connectivity index (χ1n) is 11.2. The fourth-order valence-corrected chi connectivity index (χ4v) is 3.55. The Hall–Kier alpha value is -3.61. The number of benzene rings is 2. The van der Waals surface area contributed by atoms with Gasteiger partial charge in [0.05, 0.1) is 17.5 Å². The molecule has 7 nitrogen and oxygen atoms in total. The second-order valence-corrected chi connectivity index (χ2v) is 8.21. The number of hydrogen-bond acceptors (Lipinski definition) is 3. The van der Waals surface area contributed by atoms with Gasteiger partial charge >= 0.3 is 12.0 Å². The minimum atomic E-state index is -1.04. The smallest absolute Gasteiger partial charge is 0.340 e. The Kier molecular flexibility index (Phi) is 10.1. The Balaban J connectivity index is 2.26. The molecule has 0 bridgehead atoms. The van der Waals surface area contributed by atoms with Crippen molar-refractivity contribution in [2.45, 2.75) is 33.6 Å². The molecule has 2 rings (SSSR count). The van der Waals surface area contributed by atoms with E-state index in [1.807, 2.05) is 56.3 Å². The van der Waals surface area contributed by atoms with Crippen LogP contribution >= 0.6 is 0 Å². The van der Waals surface area contributed by atoms with E-state index in [1.165, 1.54) is 0 Å². The number of rotatable bonds is 10. The number of carbonyl (C=O) groups is 3.